The van der Waals surface area contributed by atoms with Gasteiger partial charge in [-0.05, 0) is 6.92 Å². The third-order valence-corrected chi connectivity index (χ3v) is 1.11. The van der Waals surface area contributed by atoms with E-state index in [9.17, 15) is 22.4 Å². The summed E-state index contributed by atoms with van der Waals surface area (Å²) >= 11 is 0. The second kappa shape index (κ2) is 2.98. The van der Waals surface area contributed by atoms with Crippen molar-refractivity contribution in [2.45, 2.75) is 13.1 Å². The number of hydrogen-bond donors (Lipinski definition) is 0. The first-order valence-electron chi connectivity index (χ1n) is 2.55. The maximum atomic E-state index is 11.5. The predicted octanol–water partition coefficient (Wildman–Crippen LogP) is 1.72. The summed E-state index contributed by atoms with van der Waals surface area (Å²) in [4.78, 5) is 10.1. The van der Waals surface area contributed by atoms with Gasteiger partial charge in [0.25, 0.3) is 0 Å². The Balaban J connectivity index is 4.08. The lowest BCUT2D eigenvalue weighted by Crippen LogP contribution is -2.28. The van der Waals surface area contributed by atoms with Crippen LogP contribution in [0.25, 0.3) is 0 Å². The molecule has 0 aromatic heterocycles. The molecule has 60 valence electrons. The average Bonchev–Trinajstić information content (AvgIpc) is 1.83. The van der Waals surface area contributed by atoms with Gasteiger partial charge in [0.1, 0.15) is 12.6 Å². The molecule has 0 aromatic rings. The molecule has 0 aromatic carbocycles. The molecule has 1 unspecified atom stereocenters. The minimum atomic E-state index is -4.61. The lowest BCUT2D eigenvalue weighted by atomic mass is 10.1. The maximum Gasteiger partial charge on any atom is 0.398 e. The number of hydrogen-bond acceptors (Lipinski definition) is 1. The van der Waals surface area contributed by atoms with Crippen molar-refractivity contribution >= 4 is 5.78 Å². The first-order valence-corrected chi connectivity index (χ1v) is 2.55. The maximum absolute atomic E-state index is 11.5. The molecule has 0 N–H and O–H groups in total. The van der Waals surface area contributed by atoms with Crippen molar-refractivity contribution in [3.8, 4) is 0 Å². The van der Waals surface area contributed by atoms with Crippen LogP contribution >= 0.6 is 0 Å². The fourth-order valence-corrected chi connectivity index (χ4v) is 0.298. The molecule has 1 nitrogen and oxygen atoms in total. The highest BCUT2D eigenvalue weighted by Crippen LogP contribution is 2.26. The minimum absolute atomic E-state index is 0.641. The van der Waals surface area contributed by atoms with Crippen molar-refractivity contribution in [1.29, 1.82) is 0 Å². The first-order chi connectivity index (χ1) is 4.39. The lowest BCUT2D eigenvalue weighted by molar-refractivity contribution is -0.177. The summed E-state index contributed by atoms with van der Waals surface area (Å²) < 4.78 is 45.8. The molecule has 0 aliphatic carbocycles. The molecule has 0 radical (unpaired) electrons. The normalized spacial score (nSPS) is 14.9. The number of alkyl halides is 4. The molecule has 0 aliphatic rings. The first kappa shape index (κ1) is 9.39. The van der Waals surface area contributed by atoms with Crippen LogP contribution in [0.3, 0.4) is 0 Å². The fourth-order valence-electron chi connectivity index (χ4n) is 0.298. The molecule has 10 heavy (non-hydrogen) atoms. The van der Waals surface area contributed by atoms with Crippen molar-refractivity contribution in [2.24, 2.45) is 5.92 Å². The quantitative estimate of drug-likeness (QED) is 0.559. The summed E-state index contributed by atoms with van der Waals surface area (Å²) in [5, 5.41) is 0. The number of rotatable bonds is 2. The van der Waals surface area contributed by atoms with E-state index in [0.717, 1.165) is 0 Å². The highest BCUT2D eigenvalue weighted by atomic mass is 19.4. The molecule has 0 rings (SSSR count). The Morgan fingerprint density at radius 2 is 1.90 bits per heavy atom. The number of ketones is 1. The molecule has 5 heteroatoms. The van der Waals surface area contributed by atoms with Gasteiger partial charge >= 0.3 is 6.18 Å². The van der Waals surface area contributed by atoms with Crippen molar-refractivity contribution in [1.82, 2.24) is 0 Å². The van der Waals surface area contributed by atoms with E-state index in [1.54, 1.807) is 0 Å². The molecular formula is C5H6F4O. The Kier molecular flexibility index (Phi) is 2.80. The highest BCUT2D eigenvalue weighted by molar-refractivity contribution is 5.82. The van der Waals surface area contributed by atoms with Crippen LogP contribution < -0.4 is 0 Å². The summed E-state index contributed by atoms with van der Waals surface area (Å²) in [6.45, 7) is -0.914. The summed E-state index contributed by atoms with van der Waals surface area (Å²) in [6, 6.07) is 0. The van der Waals surface area contributed by atoms with Crippen LogP contribution in [-0.2, 0) is 4.79 Å². The van der Waals surface area contributed by atoms with E-state index in [1.807, 2.05) is 0 Å². The van der Waals surface area contributed by atoms with Gasteiger partial charge in [0.15, 0.2) is 5.78 Å². The van der Waals surface area contributed by atoms with Crippen LogP contribution in [0.4, 0.5) is 17.6 Å². The Labute approximate surface area is 55.0 Å². The third-order valence-electron chi connectivity index (χ3n) is 1.11. The highest BCUT2D eigenvalue weighted by Gasteiger charge is 2.40. The molecule has 0 aliphatic heterocycles. The van der Waals surface area contributed by atoms with E-state index in [4.69, 9.17) is 0 Å². The molecule has 0 amide bonds. The summed E-state index contributed by atoms with van der Waals surface area (Å²) in [5.41, 5.74) is 0. The van der Waals surface area contributed by atoms with Crippen LogP contribution in [0, 0.1) is 5.92 Å². The smallest absolute Gasteiger partial charge is 0.296 e. The minimum Gasteiger partial charge on any atom is -0.296 e. The number of carbonyl (C=O) groups excluding carboxylic acids is 1. The Morgan fingerprint density at radius 1 is 1.50 bits per heavy atom. The fraction of sp³-hybridized carbons (Fsp3) is 0.800. The van der Waals surface area contributed by atoms with Gasteiger partial charge in [-0.1, -0.05) is 0 Å². The van der Waals surface area contributed by atoms with Crippen molar-refractivity contribution < 1.29 is 22.4 Å². The van der Waals surface area contributed by atoms with Crippen LogP contribution in [0.2, 0.25) is 0 Å². The molecule has 0 fully saturated rings. The molecule has 0 saturated carbocycles. The van der Waals surface area contributed by atoms with E-state index < -0.39 is 24.6 Å². The summed E-state index contributed by atoms with van der Waals surface area (Å²) in [5.74, 6) is -3.61. The SMILES string of the molecule is CC(C(=O)CF)C(F)(F)F. The van der Waals surface area contributed by atoms with Gasteiger partial charge in [-0.15, -0.1) is 0 Å². The standard InChI is InChI=1S/C5H6F4O/c1-3(4(10)2-6)5(7,8)9/h3H,2H2,1H3. The van der Waals surface area contributed by atoms with Crippen LogP contribution in [0.1, 0.15) is 6.92 Å². The lowest BCUT2D eigenvalue weighted by Gasteiger charge is -2.11. The van der Waals surface area contributed by atoms with Gasteiger partial charge in [-0.2, -0.15) is 13.2 Å². The van der Waals surface area contributed by atoms with Gasteiger partial charge in [0.2, 0.25) is 0 Å². The second-order valence-electron chi connectivity index (χ2n) is 1.86. The van der Waals surface area contributed by atoms with E-state index in [-0.39, 0.29) is 0 Å². The van der Waals surface area contributed by atoms with E-state index in [1.165, 1.54) is 0 Å². The molecule has 0 spiro atoms. The van der Waals surface area contributed by atoms with E-state index in [0.29, 0.717) is 6.92 Å². The Morgan fingerprint density at radius 3 is 2.00 bits per heavy atom. The predicted molar refractivity (Wildman–Crippen MR) is 26.2 cm³/mol. The average molecular weight is 158 g/mol. The monoisotopic (exact) mass is 158 g/mol. The largest absolute Gasteiger partial charge is 0.398 e. The molecule has 0 saturated heterocycles. The van der Waals surface area contributed by atoms with Crippen molar-refractivity contribution in [2.75, 3.05) is 6.67 Å². The van der Waals surface area contributed by atoms with Gasteiger partial charge in [0, 0.05) is 0 Å². The van der Waals surface area contributed by atoms with Crippen LogP contribution in [0.15, 0.2) is 0 Å². The van der Waals surface area contributed by atoms with Crippen molar-refractivity contribution in [3.05, 3.63) is 0 Å². The zero-order valence-electron chi connectivity index (χ0n) is 5.20. The zero-order chi connectivity index (χ0) is 8.36. The number of carbonyl (C=O) groups is 1. The van der Waals surface area contributed by atoms with Gasteiger partial charge in [-0.3, -0.25) is 4.79 Å². The Hall–Kier alpha value is -0.610. The van der Waals surface area contributed by atoms with Gasteiger partial charge in [0.05, 0.1) is 0 Å². The number of halogens is 4. The van der Waals surface area contributed by atoms with E-state index >= 15 is 0 Å². The van der Waals surface area contributed by atoms with Gasteiger partial charge < -0.3 is 0 Å². The summed E-state index contributed by atoms with van der Waals surface area (Å²) in [7, 11) is 0. The Bertz CT molecular complexity index is 128. The van der Waals surface area contributed by atoms with Crippen molar-refractivity contribution in [3.63, 3.8) is 0 Å². The van der Waals surface area contributed by atoms with Crippen LogP contribution in [0.5, 0.6) is 0 Å². The second-order valence-corrected chi connectivity index (χ2v) is 1.86. The molecule has 0 heterocycles. The molecular weight excluding hydrogens is 152 g/mol. The zero-order valence-corrected chi connectivity index (χ0v) is 5.20. The molecule has 0 bridgehead atoms. The number of Topliss-reactive ketones (excluding diaryl/α,β-unsaturated/α-hetero) is 1. The van der Waals surface area contributed by atoms with E-state index in [2.05, 4.69) is 0 Å². The van der Waals surface area contributed by atoms with Gasteiger partial charge in [-0.25, -0.2) is 4.39 Å². The summed E-state index contributed by atoms with van der Waals surface area (Å²) in [6.07, 6.45) is -4.61. The third kappa shape index (κ3) is 2.33. The molecule has 1 atom stereocenters. The van der Waals surface area contributed by atoms with Crippen LogP contribution in [-0.4, -0.2) is 18.6 Å². The topological polar surface area (TPSA) is 17.1 Å².